The molecule has 1 aromatic carbocycles. The molecular weight excluding hydrogens is 231 g/mol. The van der Waals surface area contributed by atoms with Crippen molar-refractivity contribution in [2.24, 2.45) is 0 Å². The minimum atomic E-state index is -0.637. The van der Waals surface area contributed by atoms with Crippen molar-refractivity contribution in [3.8, 4) is 0 Å². The van der Waals surface area contributed by atoms with E-state index in [2.05, 4.69) is 10.3 Å². The van der Waals surface area contributed by atoms with Gasteiger partial charge < -0.3 is 10.4 Å². The van der Waals surface area contributed by atoms with Gasteiger partial charge in [0.15, 0.2) is 0 Å². The maximum Gasteiger partial charge on any atom is 0.123 e. The fourth-order valence-corrected chi connectivity index (χ4v) is 1.66. The average Bonchev–Trinajstić information content (AvgIpc) is 2.40. The fraction of sp³-hybridized carbons (Fsp3) is 0.214. The molecule has 0 aliphatic carbocycles. The second-order valence-corrected chi connectivity index (χ2v) is 4.06. The summed E-state index contributed by atoms with van der Waals surface area (Å²) in [5, 5.41) is 13.0. The molecule has 3 nitrogen and oxygen atoms in total. The van der Waals surface area contributed by atoms with E-state index in [0.717, 1.165) is 5.56 Å². The van der Waals surface area contributed by atoms with Crippen molar-refractivity contribution in [3.63, 3.8) is 0 Å². The smallest absolute Gasteiger partial charge is 0.123 e. The van der Waals surface area contributed by atoms with E-state index in [4.69, 9.17) is 0 Å². The van der Waals surface area contributed by atoms with E-state index >= 15 is 0 Å². The first-order valence-corrected chi connectivity index (χ1v) is 5.79. The van der Waals surface area contributed by atoms with Gasteiger partial charge in [0, 0.05) is 25.5 Å². The summed E-state index contributed by atoms with van der Waals surface area (Å²) in [4.78, 5) is 4.01. The van der Waals surface area contributed by atoms with Crippen LogP contribution in [-0.4, -0.2) is 16.6 Å². The number of aromatic nitrogens is 1. The van der Waals surface area contributed by atoms with Gasteiger partial charge in [0.05, 0.1) is 6.10 Å². The molecule has 0 aliphatic rings. The summed E-state index contributed by atoms with van der Waals surface area (Å²) < 4.78 is 12.7. The molecule has 0 amide bonds. The number of nitrogens with one attached hydrogen (secondary N) is 1. The fourth-order valence-electron chi connectivity index (χ4n) is 1.66. The Hall–Kier alpha value is -1.78. The van der Waals surface area contributed by atoms with Crippen LogP contribution in [0.25, 0.3) is 0 Å². The summed E-state index contributed by atoms with van der Waals surface area (Å²) in [5.41, 5.74) is 1.76. The highest BCUT2D eigenvalue weighted by Gasteiger charge is 2.06. The monoisotopic (exact) mass is 246 g/mol. The lowest BCUT2D eigenvalue weighted by Gasteiger charge is -2.12. The number of aliphatic hydroxyl groups excluding tert-OH is 1. The predicted molar refractivity (Wildman–Crippen MR) is 67.3 cm³/mol. The Bertz CT molecular complexity index is 473. The summed E-state index contributed by atoms with van der Waals surface area (Å²) in [7, 11) is 0. The van der Waals surface area contributed by atoms with Crippen LogP contribution in [-0.2, 0) is 6.54 Å². The van der Waals surface area contributed by atoms with E-state index in [-0.39, 0.29) is 5.82 Å². The Balaban J connectivity index is 1.81. The van der Waals surface area contributed by atoms with Crippen LogP contribution >= 0.6 is 0 Å². The second kappa shape index (κ2) is 6.23. The van der Waals surface area contributed by atoms with Gasteiger partial charge >= 0.3 is 0 Å². The molecule has 2 aromatic rings. The molecule has 1 atom stereocenters. The molecule has 0 radical (unpaired) electrons. The van der Waals surface area contributed by atoms with E-state index in [1.165, 1.54) is 12.1 Å². The lowest BCUT2D eigenvalue weighted by molar-refractivity contribution is 0.174. The molecular formula is C14H15FN2O. The van der Waals surface area contributed by atoms with Crippen molar-refractivity contribution in [1.82, 2.24) is 10.3 Å². The predicted octanol–water partition coefficient (Wildman–Crippen LogP) is 2.04. The van der Waals surface area contributed by atoms with Gasteiger partial charge in [-0.25, -0.2) is 4.39 Å². The minimum Gasteiger partial charge on any atom is -0.387 e. The van der Waals surface area contributed by atoms with Gasteiger partial charge in [-0.15, -0.1) is 0 Å². The molecule has 1 heterocycles. The average molecular weight is 246 g/mol. The van der Waals surface area contributed by atoms with Crippen LogP contribution in [0.2, 0.25) is 0 Å². The largest absolute Gasteiger partial charge is 0.387 e. The first-order chi connectivity index (χ1) is 8.75. The highest BCUT2D eigenvalue weighted by molar-refractivity contribution is 5.18. The minimum absolute atomic E-state index is 0.297. The van der Waals surface area contributed by atoms with Crippen LogP contribution in [0.1, 0.15) is 17.2 Å². The number of hydrogen-bond donors (Lipinski definition) is 2. The summed E-state index contributed by atoms with van der Waals surface area (Å²) >= 11 is 0. The topological polar surface area (TPSA) is 45.1 Å². The first kappa shape index (κ1) is 12.7. The van der Waals surface area contributed by atoms with Crippen LogP contribution in [0.3, 0.4) is 0 Å². The lowest BCUT2D eigenvalue weighted by atomic mass is 10.1. The van der Waals surface area contributed by atoms with Crippen molar-refractivity contribution >= 4 is 0 Å². The number of halogens is 1. The molecule has 1 unspecified atom stereocenters. The van der Waals surface area contributed by atoms with E-state index in [1.54, 1.807) is 24.5 Å². The van der Waals surface area contributed by atoms with Gasteiger partial charge in [-0.3, -0.25) is 4.98 Å². The number of benzene rings is 1. The highest BCUT2D eigenvalue weighted by atomic mass is 19.1. The zero-order valence-corrected chi connectivity index (χ0v) is 9.88. The van der Waals surface area contributed by atoms with Gasteiger partial charge in [0.2, 0.25) is 0 Å². The van der Waals surface area contributed by atoms with E-state index < -0.39 is 6.10 Å². The summed E-state index contributed by atoms with van der Waals surface area (Å²) in [5.74, 6) is -0.297. The van der Waals surface area contributed by atoms with Crippen molar-refractivity contribution in [1.29, 1.82) is 0 Å². The maximum atomic E-state index is 12.7. The van der Waals surface area contributed by atoms with Crippen LogP contribution in [0, 0.1) is 5.82 Å². The number of pyridine rings is 1. The van der Waals surface area contributed by atoms with Gasteiger partial charge in [-0.2, -0.15) is 0 Å². The van der Waals surface area contributed by atoms with Crippen LogP contribution in [0.4, 0.5) is 4.39 Å². The lowest BCUT2D eigenvalue weighted by Crippen LogP contribution is -2.21. The Labute approximate surface area is 105 Å². The molecule has 0 aliphatic heterocycles. The highest BCUT2D eigenvalue weighted by Crippen LogP contribution is 2.12. The summed E-state index contributed by atoms with van der Waals surface area (Å²) in [6.07, 6.45) is 2.86. The molecule has 94 valence electrons. The number of aliphatic hydroxyl groups is 1. The molecule has 0 bridgehead atoms. The molecule has 0 saturated carbocycles. The molecule has 1 aromatic heterocycles. The van der Waals surface area contributed by atoms with Crippen LogP contribution in [0.15, 0.2) is 48.8 Å². The van der Waals surface area contributed by atoms with Crippen molar-refractivity contribution in [2.75, 3.05) is 6.54 Å². The van der Waals surface area contributed by atoms with Gasteiger partial charge in [0.1, 0.15) is 5.82 Å². The molecule has 4 heteroatoms. The normalized spacial score (nSPS) is 12.3. The van der Waals surface area contributed by atoms with Crippen LogP contribution < -0.4 is 5.32 Å². The molecule has 18 heavy (non-hydrogen) atoms. The maximum absolute atomic E-state index is 12.7. The quantitative estimate of drug-likeness (QED) is 0.848. The van der Waals surface area contributed by atoms with Gasteiger partial charge in [0.25, 0.3) is 0 Å². The third kappa shape index (κ3) is 3.61. The number of nitrogens with zero attached hydrogens (tertiary/aromatic N) is 1. The Morgan fingerprint density at radius 1 is 1.22 bits per heavy atom. The molecule has 0 spiro atoms. The SMILES string of the molecule is OC(CNCc1cccnc1)c1ccc(F)cc1. The number of hydrogen-bond acceptors (Lipinski definition) is 3. The summed E-state index contributed by atoms with van der Waals surface area (Å²) in [6, 6.07) is 9.70. The van der Waals surface area contributed by atoms with Gasteiger partial charge in [-0.05, 0) is 29.3 Å². The molecule has 2 rings (SSSR count). The third-order valence-electron chi connectivity index (χ3n) is 2.64. The molecule has 0 saturated heterocycles. The van der Waals surface area contributed by atoms with Gasteiger partial charge in [-0.1, -0.05) is 18.2 Å². The summed E-state index contributed by atoms with van der Waals surface area (Å²) in [6.45, 7) is 1.06. The standard InChI is InChI=1S/C14H15FN2O/c15-13-5-3-12(4-6-13)14(18)10-17-9-11-2-1-7-16-8-11/h1-8,14,17-18H,9-10H2. The third-order valence-corrected chi connectivity index (χ3v) is 2.64. The van der Waals surface area contributed by atoms with Crippen molar-refractivity contribution in [3.05, 3.63) is 65.7 Å². The zero-order chi connectivity index (χ0) is 12.8. The Kier molecular flexibility index (Phi) is 4.39. The van der Waals surface area contributed by atoms with Crippen molar-refractivity contribution < 1.29 is 9.50 Å². The number of rotatable bonds is 5. The first-order valence-electron chi connectivity index (χ1n) is 5.79. The van der Waals surface area contributed by atoms with Crippen molar-refractivity contribution in [2.45, 2.75) is 12.6 Å². The second-order valence-electron chi connectivity index (χ2n) is 4.06. The van der Waals surface area contributed by atoms with E-state index in [1.807, 2.05) is 12.1 Å². The van der Waals surface area contributed by atoms with E-state index in [9.17, 15) is 9.50 Å². The zero-order valence-electron chi connectivity index (χ0n) is 9.88. The molecule has 0 fully saturated rings. The Morgan fingerprint density at radius 3 is 2.67 bits per heavy atom. The molecule has 2 N–H and O–H groups in total. The van der Waals surface area contributed by atoms with E-state index in [0.29, 0.717) is 18.7 Å². The Morgan fingerprint density at radius 2 is 2.00 bits per heavy atom. The van der Waals surface area contributed by atoms with Crippen LogP contribution in [0.5, 0.6) is 0 Å².